The number of nitrogens with zero attached hydrogens (tertiary/aromatic N) is 2. The molecule has 4 nitrogen and oxygen atoms in total. The summed E-state index contributed by atoms with van der Waals surface area (Å²) in [7, 11) is 0. The van der Waals surface area contributed by atoms with Gasteiger partial charge in [-0.15, -0.1) is 0 Å². The molecule has 23 heavy (non-hydrogen) atoms. The van der Waals surface area contributed by atoms with Crippen molar-refractivity contribution >= 4 is 5.91 Å². The van der Waals surface area contributed by atoms with E-state index in [1.165, 1.54) is 0 Å². The van der Waals surface area contributed by atoms with Crippen molar-refractivity contribution < 1.29 is 4.79 Å². The Bertz CT molecular complexity index is 630. The lowest BCUT2D eigenvalue weighted by atomic mass is 9.93. The highest BCUT2D eigenvalue weighted by Gasteiger charge is 2.32. The molecule has 3 rings (SSSR count). The Labute approximate surface area is 137 Å². The van der Waals surface area contributed by atoms with Crippen LogP contribution in [0.2, 0.25) is 0 Å². The molecule has 120 valence electrons. The molecule has 1 aromatic heterocycles. The van der Waals surface area contributed by atoms with Crippen molar-refractivity contribution in [2.75, 3.05) is 19.6 Å². The second kappa shape index (κ2) is 7.38. The number of benzene rings is 1. The predicted octanol–water partition coefficient (Wildman–Crippen LogP) is 2.75. The van der Waals surface area contributed by atoms with Gasteiger partial charge in [0.15, 0.2) is 0 Å². The van der Waals surface area contributed by atoms with E-state index >= 15 is 0 Å². The van der Waals surface area contributed by atoms with Gasteiger partial charge in [0.25, 0.3) is 0 Å². The van der Waals surface area contributed by atoms with Gasteiger partial charge >= 0.3 is 0 Å². The Morgan fingerprint density at radius 3 is 2.83 bits per heavy atom. The molecule has 0 aliphatic carbocycles. The molecular weight excluding hydrogens is 286 g/mol. The van der Waals surface area contributed by atoms with E-state index in [0.29, 0.717) is 0 Å². The number of carbonyl (C=O) groups is 1. The monoisotopic (exact) mass is 309 g/mol. The summed E-state index contributed by atoms with van der Waals surface area (Å²) in [5.74, 6) is 0.141. The van der Waals surface area contributed by atoms with Crippen molar-refractivity contribution in [2.45, 2.75) is 25.3 Å². The fourth-order valence-electron chi connectivity index (χ4n) is 3.28. The SMILES string of the molecule is CCC(C(=O)N1CCNCC1c1cccnc1)c1ccccc1. The smallest absolute Gasteiger partial charge is 0.230 e. The minimum Gasteiger partial charge on any atom is -0.333 e. The maximum absolute atomic E-state index is 13.2. The molecule has 1 fully saturated rings. The first-order valence-corrected chi connectivity index (χ1v) is 8.27. The Morgan fingerprint density at radius 1 is 1.30 bits per heavy atom. The lowest BCUT2D eigenvalue weighted by Crippen LogP contribution is -2.50. The van der Waals surface area contributed by atoms with Gasteiger partial charge in [0, 0.05) is 32.0 Å². The number of nitrogens with one attached hydrogen (secondary N) is 1. The van der Waals surface area contributed by atoms with Gasteiger partial charge < -0.3 is 10.2 Å². The Kier molecular flexibility index (Phi) is 5.03. The number of carbonyl (C=O) groups excluding carboxylic acids is 1. The van der Waals surface area contributed by atoms with Crippen LogP contribution in [0.25, 0.3) is 0 Å². The van der Waals surface area contributed by atoms with E-state index in [2.05, 4.69) is 23.3 Å². The molecule has 1 aromatic carbocycles. The number of aromatic nitrogens is 1. The second-order valence-electron chi connectivity index (χ2n) is 5.91. The third-order valence-electron chi connectivity index (χ3n) is 4.50. The molecular formula is C19H23N3O. The highest BCUT2D eigenvalue weighted by Crippen LogP contribution is 2.28. The van der Waals surface area contributed by atoms with Crippen molar-refractivity contribution in [2.24, 2.45) is 0 Å². The lowest BCUT2D eigenvalue weighted by Gasteiger charge is -2.38. The number of hydrogen-bond donors (Lipinski definition) is 1. The minimum atomic E-state index is -0.0755. The first-order chi connectivity index (χ1) is 11.3. The van der Waals surface area contributed by atoms with Crippen LogP contribution in [0.3, 0.4) is 0 Å². The van der Waals surface area contributed by atoms with E-state index in [4.69, 9.17) is 0 Å². The minimum absolute atomic E-state index is 0.0581. The Hall–Kier alpha value is -2.20. The largest absolute Gasteiger partial charge is 0.333 e. The molecule has 4 heteroatoms. The molecule has 1 aliphatic heterocycles. The third kappa shape index (κ3) is 3.42. The quantitative estimate of drug-likeness (QED) is 0.944. The lowest BCUT2D eigenvalue weighted by molar-refractivity contribution is -0.136. The standard InChI is InChI=1S/C19H23N3O/c1-2-17(15-7-4-3-5-8-15)19(23)22-12-11-21-14-18(22)16-9-6-10-20-13-16/h3-10,13,17-18,21H,2,11-12,14H2,1H3. The maximum Gasteiger partial charge on any atom is 0.230 e. The van der Waals surface area contributed by atoms with Gasteiger partial charge in [-0.3, -0.25) is 9.78 Å². The number of pyridine rings is 1. The molecule has 1 aliphatic rings. The van der Waals surface area contributed by atoms with Crippen molar-refractivity contribution in [1.29, 1.82) is 0 Å². The summed E-state index contributed by atoms with van der Waals surface area (Å²) in [6.07, 6.45) is 4.44. The van der Waals surface area contributed by atoms with Crippen LogP contribution < -0.4 is 5.32 Å². The van der Waals surface area contributed by atoms with Crippen molar-refractivity contribution in [1.82, 2.24) is 15.2 Å². The zero-order valence-electron chi connectivity index (χ0n) is 13.5. The fourth-order valence-corrected chi connectivity index (χ4v) is 3.28. The zero-order chi connectivity index (χ0) is 16.1. The van der Waals surface area contributed by atoms with Gasteiger partial charge in [-0.25, -0.2) is 0 Å². The molecule has 2 aromatic rings. The van der Waals surface area contributed by atoms with Gasteiger partial charge in [0.05, 0.1) is 12.0 Å². The number of hydrogen-bond acceptors (Lipinski definition) is 3. The van der Waals surface area contributed by atoms with Gasteiger partial charge in [-0.05, 0) is 23.6 Å². The number of rotatable bonds is 4. The summed E-state index contributed by atoms with van der Waals surface area (Å²) < 4.78 is 0. The van der Waals surface area contributed by atoms with Crippen LogP contribution in [0.15, 0.2) is 54.9 Å². The van der Waals surface area contributed by atoms with Gasteiger partial charge in [-0.2, -0.15) is 0 Å². The summed E-state index contributed by atoms with van der Waals surface area (Å²) >= 11 is 0. The summed E-state index contributed by atoms with van der Waals surface area (Å²) in [4.78, 5) is 19.4. The van der Waals surface area contributed by atoms with E-state index in [0.717, 1.165) is 37.2 Å². The molecule has 2 heterocycles. The number of amides is 1. The summed E-state index contributed by atoms with van der Waals surface area (Å²) in [5.41, 5.74) is 2.19. The van der Waals surface area contributed by atoms with E-state index in [1.54, 1.807) is 6.20 Å². The number of piperazine rings is 1. The van der Waals surface area contributed by atoms with Crippen LogP contribution in [-0.2, 0) is 4.79 Å². The van der Waals surface area contributed by atoms with Crippen LogP contribution in [0.5, 0.6) is 0 Å². The summed E-state index contributed by atoms with van der Waals surface area (Å²) in [6, 6.07) is 14.1. The van der Waals surface area contributed by atoms with Gasteiger partial charge in [0.1, 0.15) is 0 Å². The molecule has 2 unspecified atom stereocenters. The normalized spacial score (nSPS) is 19.3. The first-order valence-electron chi connectivity index (χ1n) is 8.27. The van der Waals surface area contributed by atoms with Crippen molar-refractivity contribution in [3.05, 3.63) is 66.0 Å². The van der Waals surface area contributed by atoms with E-state index in [-0.39, 0.29) is 17.9 Å². The van der Waals surface area contributed by atoms with E-state index in [1.807, 2.05) is 47.5 Å². The molecule has 0 saturated carbocycles. The average molecular weight is 309 g/mol. The zero-order valence-corrected chi connectivity index (χ0v) is 13.5. The van der Waals surface area contributed by atoms with E-state index in [9.17, 15) is 4.79 Å². The van der Waals surface area contributed by atoms with Crippen LogP contribution in [0, 0.1) is 0 Å². The molecule has 0 radical (unpaired) electrons. The first kappa shape index (κ1) is 15.7. The van der Waals surface area contributed by atoms with E-state index < -0.39 is 0 Å². The summed E-state index contributed by atoms with van der Waals surface area (Å²) in [5, 5.41) is 3.39. The van der Waals surface area contributed by atoms with Crippen LogP contribution >= 0.6 is 0 Å². The van der Waals surface area contributed by atoms with Crippen molar-refractivity contribution in [3.63, 3.8) is 0 Å². The predicted molar refractivity (Wildman–Crippen MR) is 91.0 cm³/mol. The highest BCUT2D eigenvalue weighted by molar-refractivity contribution is 5.84. The van der Waals surface area contributed by atoms with Crippen molar-refractivity contribution in [3.8, 4) is 0 Å². The maximum atomic E-state index is 13.2. The Morgan fingerprint density at radius 2 is 2.13 bits per heavy atom. The highest BCUT2D eigenvalue weighted by atomic mass is 16.2. The molecule has 0 spiro atoms. The summed E-state index contributed by atoms with van der Waals surface area (Å²) in [6.45, 7) is 4.44. The molecule has 2 atom stereocenters. The topological polar surface area (TPSA) is 45.2 Å². The Balaban J connectivity index is 1.86. The van der Waals surface area contributed by atoms with Crippen LogP contribution in [0.1, 0.15) is 36.4 Å². The van der Waals surface area contributed by atoms with Crippen LogP contribution in [-0.4, -0.2) is 35.4 Å². The molecule has 1 saturated heterocycles. The van der Waals surface area contributed by atoms with Gasteiger partial charge in [0.2, 0.25) is 5.91 Å². The second-order valence-corrected chi connectivity index (χ2v) is 5.91. The van der Waals surface area contributed by atoms with Gasteiger partial charge in [-0.1, -0.05) is 43.3 Å². The molecule has 1 amide bonds. The fraction of sp³-hybridized carbons (Fsp3) is 0.368. The van der Waals surface area contributed by atoms with Crippen LogP contribution in [0.4, 0.5) is 0 Å². The average Bonchev–Trinajstić information content (AvgIpc) is 2.64. The third-order valence-corrected chi connectivity index (χ3v) is 4.50. The molecule has 1 N–H and O–H groups in total. The molecule has 0 bridgehead atoms.